The molecule has 118 valence electrons. The van der Waals surface area contributed by atoms with Gasteiger partial charge < -0.3 is 4.74 Å². The predicted molar refractivity (Wildman–Crippen MR) is 93.7 cm³/mol. The molecule has 1 aromatic carbocycles. The van der Waals surface area contributed by atoms with E-state index in [0.717, 1.165) is 6.42 Å². The number of hydrogen-bond donors (Lipinski definition) is 0. The lowest BCUT2D eigenvalue weighted by Gasteiger charge is -2.27. The van der Waals surface area contributed by atoms with Gasteiger partial charge in [0.2, 0.25) is 0 Å². The maximum Gasteiger partial charge on any atom is 0.311 e. The van der Waals surface area contributed by atoms with Crippen LogP contribution in [-0.2, 0) is 20.4 Å². The smallest absolute Gasteiger partial charge is 0.311 e. The molecule has 1 saturated heterocycles. The van der Waals surface area contributed by atoms with Crippen molar-refractivity contribution in [3.05, 3.63) is 41.5 Å². The SMILES string of the molecule is CC(C)(C)C(=O)OC1CC=C([S+]2CCCC2)c2ccccc21. The van der Waals surface area contributed by atoms with Crippen LogP contribution in [0.2, 0.25) is 0 Å². The van der Waals surface area contributed by atoms with Gasteiger partial charge in [-0.25, -0.2) is 0 Å². The number of fused-ring (bicyclic) bond motifs is 1. The number of ether oxygens (including phenoxy) is 1. The molecule has 0 saturated carbocycles. The summed E-state index contributed by atoms with van der Waals surface area (Å²) in [6.45, 7) is 5.72. The third kappa shape index (κ3) is 3.10. The molecule has 3 rings (SSSR count). The van der Waals surface area contributed by atoms with E-state index in [4.69, 9.17) is 4.74 Å². The molecule has 1 aromatic rings. The Bertz CT molecular complexity index is 592. The molecule has 0 aromatic heterocycles. The standard InChI is InChI=1S/C19H25O2S/c1-19(2,3)18(20)21-16-10-11-17(22-12-6-7-13-22)15-9-5-4-8-14(15)16/h4-5,8-9,11,16H,6-7,10,12-13H2,1-3H3/q+1. The summed E-state index contributed by atoms with van der Waals surface area (Å²) in [6, 6.07) is 8.48. The van der Waals surface area contributed by atoms with Crippen molar-refractivity contribution < 1.29 is 9.53 Å². The van der Waals surface area contributed by atoms with Crippen LogP contribution in [0.25, 0.3) is 4.91 Å². The van der Waals surface area contributed by atoms with E-state index in [1.807, 2.05) is 20.8 Å². The van der Waals surface area contributed by atoms with Crippen molar-refractivity contribution in [3.63, 3.8) is 0 Å². The Labute approximate surface area is 136 Å². The Hall–Kier alpha value is -1.22. The molecule has 2 aliphatic rings. The number of esters is 1. The molecule has 22 heavy (non-hydrogen) atoms. The molecule has 1 fully saturated rings. The highest BCUT2D eigenvalue weighted by atomic mass is 32.2. The Morgan fingerprint density at radius 3 is 2.55 bits per heavy atom. The summed E-state index contributed by atoms with van der Waals surface area (Å²) in [5.74, 6) is 2.53. The van der Waals surface area contributed by atoms with E-state index in [1.165, 1.54) is 40.4 Å². The topological polar surface area (TPSA) is 26.3 Å². The maximum absolute atomic E-state index is 12.2. The highest BCUT2D eigenvalue weighted by molar-refractivity contribution is 8.05. The average Bonchev–Trinajstić information content (AvgIpc) is 3.00. The monoisotopic (exact) mass is 317 g/mol. The lowest BCUT2D eigenvalue weighted by molar-refractivity contribution is -0.159. The number of carbonyl (C=O) groups excluding carboxylic acids is 1. The normalized spacial score (nSPS) is 22.1. The van der Waals surface area contributed by atoms with E-state index in [9.17, 15) is 4.79 Å². The molecule has 0 radical (unpaired) electrons. The minimum absolute atomic E-state index is 0.118. The van der Waals surface area contributed by atoms with E-state index >= 15 is 0 Å². The molecule has 0 amide bonds. The molecule has 0 bridgehead atoms. The van der Waals surface area contributed by atoms with Crippen LogP contribution in [0.1, 0.15) is 57.3 Å². The maximum atomic E-state index is 12.2. The zero-order valence-electron chi connectivity index (χ0n) is 13.7. The molecular weight excluding hydrogens is 292 g/mol. The van der Waals surface area contributed by atoms with Crippen molar-refractivity contribution in [2.75, 3.05) is 11.5 Å². The molecule has 1 atom stereocenters. The van der Waals surface area contributed by atoms with Crippen molar-refractivity contribution >= 4 is 21.8 Å². The molecule has 1 aliphatic carbocycles. The Kier molecular flexibility index (Phi) is 4.35. The van der Waals surface area contributed by atoms with Gasteiger partial charge in [-0.1, -0.05) is 18.2 Å². The summed E-state index contributed by atoms with van der Waals surface area (Å²) in [5.41, 5.74) is 2.05. The lowest BCUT2D eigenvalue weighted by atomic mass is 9.93. The summed E-state index contributed by atoms with van der Waals surface area (Å²) in [4.78, 5) is 13.7. The first-order valence-electron chi connectivity index (χ1n) is 8.15. The van der Waals surface area contributed by atoms with E-state index < -0.39 is 5.41 Å². The summed E-state index contributed by atoms with van der Waals surface area (Å²) in [6.07, 6.45) is 5.73. The Balaban J connectivity index is 1.87. The number of hydrogen-bond acceptors (Lipinski definition) is 2. The quantitative estimate of drug-likeness (QED) is 0.594. The number of rotatable bonds is 2. The summed E-state index contributed by atoms with van der Waals surface area (Å²) in [7, 11) is 0.401. The molecule has 2 nitrogen and oxygen atoms in total. The first-order chi connectivity index (χ1) is 10.5. The molecule has 0 spiro atoms. The number of carbonyl (C=O) groups is 1. The average molecular weight is 317 g/mol. The Morgan fingerprint density at radius 2 is 1.86 bits per heavy atom. The third-order valence-electron chi connectivity index (χ3n) is 4.29. The van der Waals surface area contributed by atoms with Crippen LogP contribution in [0.3, 0.4) is 0 Å². The second kappa shape index (κ2) is 6.11. The highest BCUT2D eigenvalue weighted by Crippen LogP contribution is 2.41. The van der Waals surface area contributed by atoms with Crippen LogP contribution in [0.5, 0.6) is 0 Å². The second-order valence-electron chi connectivity index (χ2n) is 7.14. The van der Waals surface area contributed by atoms with Gasteiger partial charge in [-0.3, -0.25) is 4.79 Å². The lowest BCUT2D eigenvalue weighted by Crippen LogP contribution is -2.26. The minimum atomic E-state index is -0.452. The van der Waals surface area contributed by atoms with Gasteiger partial charge in [0.15, 0.2) is 4.91 Å². The molecule has 3 heteroatoms. The van der Waals surface area contributed by atoms with Crippen molar-refractivity contribution in [3.8, 4) is 0 Å². The first kappa shape index (κ1) is 15.7. The van der Waals surface area contributed by atoms with Gasteiger partial charge in [0.05, 0.1) is 5.41 Å². The first-order valence-corrected chi connectivity index (χ1v) is 9.71. The van der Waals surface area contributed by atoms with Gasteiger partial charge in [-0.2, -0.15) is 0 Å². The summed E-state index contributed by atoms with van der Waals surface area (Å²) >= 11 is 0. The zero-order chi connectivity index (χ0) is 15.7. The highest BCUT2D eigenvalue weighted by Gasteiger charge is 2.36. The van der Waals surface area contributed by atoms with E-state index in [2.05, 4.69) is 30.3 Å². The summed E-state index contributed by atoms with van der Waals surface area (Å²) in [5, 5.41) is 0. The van der Waals surface area contributed by atoms with E-state index in [0.29, 0.717) is 10.9 Å². The Morgan fingerprint density at radius 1 is 1.18 bits per heavy atom. The van der Waals surface area contributed by atoms with Gasteiger partial charge in [-0.05, 0) is 45.8 Å². The largest absolute Gasteiger partial charge is 0.457 e. The fourth-order valence-electron chi connectivity index (χ4n) is 3.02. The zero-order valence-corrected chi connectivity index (χ0v) is 14.5. The molecule has 1 heterocycles. The van der Waals surface area contributed by atoms with Gasteiger partial charge in [0, 0.05) is 28.4 Å². The number of benzene rings is 1. The molecule has 0 N–H and O–H groups in total. The van der Waals surface area contributed by atoms with Crippen molar-refractivity contribution in [2.45, 2.75) is 46.1 Å². The van der Waals surface area contributed by atoms with Gasteiger partial charge >= 0.3 is 5.97 Å². The van der Waals surface area contributed by atoms with Gasteiger partial charge in [0.25, 0.3) is 0 Å². The molecule has 1 unspecified atom stereocenters. The van der Waals surface area contributed by atoms with Crippen LogP contribution in [0.15, 0.2) is 30.3 Å². The predicted octanol–water partition coefficient (Wildman–Crippen LogP) is 4.47. The summed E-state index contributed by atoms with van der Waals surface area (Å²) < 4.78 is 5.81. The minimum Gasteiger partial charge on any atom is -0.457 e. The fourth-order valence-corrected chi connectivity index (χ4v) is 5.60. The van der Waals surface area contributed by atoms with Crippen LogP contribution in [0, 0.1) is 5.41 Å². The van der Waals surface area contributed by atoms with Crippen molar-refractivity contribution in [1.82, 2.24) is 0 Å². The van der Waals surface area contributed by atoms with Crippen molar-refractivity contribution in [2.24, 2.45) is 5.41 Å². The van der Waals surface area contributed by atoms with Crippen LogP contribution >= 0.6 is 0 Å². The van der Waals surface area contributed by atoms with Gasteiger partial charge in [0.1, 0.15) is 17.6 Å². The van der Waals surface area contributed by atoms with Crippen LogP contribution in [-0.4, -0.2) is 17.5 Å². The van der Waals surface area contributed by atoms with Crippen molar-refractivity contribution in [1.29, 1.82) is 0 Å². The fraction of sp³-hybridized carbons (Fsp3) is 0.526. The van der Waals surface area contributed by atoms with E-state index in [1.54, 1.807) is 0 Å². The van der Waals surface area contributed by atoms with E-state index in [-0.39, 0.29) is 12.1 Å². The van der Waals surface area contributed by atoms with Crippen LogP contribution < -0.4 is 0 Å². The second-order valence-corrected chi connectivity index (χ2v) is 9.39. The molecular formula is C19H25O2S+. The molecule has 1 aliphatic heterocycles. The van der Waals surface area contributed by atoms with Gasteiger partial charge in [-0.15, -0.1) is 0 Å². The third-order valence-corrected chi connectivity index (χ3v) is 6.87. The van der Waals surface area contributed by atoms with Crippen LogP contribution in [0.4, 0.5) is 0 Å².